The van der Waals surface area contributed by atoms with Crippen molar-refractivity contribution in [3.8, 4) is 0 Å². The van der Waals surface area contributed by atoms with Crippen molar-refractivity contribution in [3.63, 3.8) is 0 Å². The van der Waals surface area contributed by atoms with E-state index in [1.165, 1.54) is 11.1 Å². The summed E-state index contributed by atoms with van der Waals surface area (Å²) in [5.74, 6) is 0.154. The molecule has 19 heavy (non-hydrogen) atoms. The first-order valence-corrected chi connectivity index (χ1v) is 6.23. The molecule has 0 aliphatic carbocycles. The number of carbonyl (C=O) groups is 1. The smallest absolute Gasteiger partial charge is 0.450 e. The average molecular weight is 256 g/mol. The lowest BCUT2D eigenvalue weighted by Gasteiger charge is -2.17. The van der Waals surface area contributed by atoms with Gasteiger partial charge in [-0.3, -0.25) is 0 Å². The minimum absolute atomic E-state index is 0.154. The molecule has 0 saturated carbocycles. The van der Waals surface area contributed by atoms with Crippen molar-refractivity contribution in [1.29, 1.82) is 0 Å². The van der Waals surface area contributed by atoms with Crippen molar-refractivity contribution in [3.05, 3.63) is 71.8 Å². The molecular weight excluding hydrogens is 240 g/mol. The van der Waals surface area contributed by atoms with Gasteiger partial charge in [0.15, 0.2) is 0 Å². The monoisotopic (exact) mass is 256 g/mol. The lowest BCUT2D eigenvalue weighted by molar-refractivity contribution is 0.0896. The zero-order valence-electron chi connectivity index (χ0n) is 10.5. The highest BCUT2D eigenvalue weighted by Gasteiger charge is 2.14. The van der Waals surface area contributed by atoms with Gasteiger partial charge in [-0.1, -0.05) is 60.7 Å². The Morgan fingerprint density at radius 2 is 1.42 bits per heavy atom. The molecule has 0 saturated heterocycles. The molecule has 0 unspecified atom stereocenters. The van der Waals surface area contributed by atoms with Crippen LogP contribution in [0.25, 0.3) is 0 Å². The third-order valence-corrected chi connectivity index (χ3v) is 3.04. The van der Waals surface area contributed by atoms with Gasteiger partial charge in [-0.05, 0) is 17.5 Å². The number of benzene rings is 2. The number of carboxylic acid groups (broad SMARTS) is 1. The van der Waals surface area contributed by atoms with E-state index in [-0.39, 0.29) is 12.5 Å². The maximum Gasteiger partial charge on any atom is 0.505 e. The second-order valence-electron chi connectivity index (χ2n) is 4.28. The van der Waals surface area contributed by atoms with Crippen LogP contribution in [0, 0.1) is 0 Å². The first-order valence-electron chi connectivity index (χ1n) is 6.23. The lowest BCUT2D eigenvalue weighted by atomic mass is 9.89. The molecule has 0 bridgehead atoms. The molecule has 0 aliphatic heterocycles. The summed E-state index contributed by atoms with van der Waals surface area (Å²) in [6.07, 6.45) is -0.583. The van der Waals surface area contributed by atoms with Gasteiger partial charge < -0.3 is 9.84 Å². The molecule has 3 nitrogen and oxygen atoms in total. The molecule has 1 N–H and O–H groups in total. The summed E-state index contributed by atoms with van der Waals surface area (Å²) in [5, 5.41) is 8.55. The number of rotatable bonds is 5. The molecule has 2 aromatic rings. The van der Waals surface area contributed by atoms with Crippen molar-refractivity contribution in [2.45, 2.75) is 12.3 Å². The number of hydrogen-bond acceptors (Lipinski definition) is 2. The molecule has 0 aliphatic rings. The maximum absolute atomic E-state index is 10.4. The van der Waals surface area contributed by atoms with Crippen molar-refractivity contribution >= 4 is 6.16 Å². The third-order valence-electron chi connectivity index (χ3n) is 3.04. The van der Waals surface area contributed by atoms with E-state index in [4.69, 9.17) is 5.11 Å². The largest absolute Gasteiger partial charge is 0.505 e. The van der Waals surface area contributed by atoms with E-state index < -0.39 is 6.16 Å². The van der Waals surface area contributed by atoms with Crippen LogP contribution in [-0.4, -0.2) is 17.9 Å². The lowest BCUT2D eigenvalue weighted by Crippen LogP contribution is -2.08. The van der Waals surface area contributed by atoms with Crippen molar-refractivity contribution in [2.24, 2.45) is 0 Å². The maximum atomic E-state index is 10.4. The van der Waals surface area contributed by atoms with Gasteiger partial charge in [0, 0.05) is 5.92 Å². The van der Waals surface area contributed by atoms with Crippen LogP contribution in [0.3, 0.4) is 0 Å². The molecule has 0 spiro atoms. The molecule has 3 heteroatoms. The zero-order chi connectivity index (χ0) is 13.5. The summed E-state index contributed by atoms with van der Waals surface area (Å²) in [5.41, 5.74) is 2.34. The molecule has 0 heterocycles. The summed E-state index contributed by atoms with van der Waals surface area (Å²) in [6, 6.07) is 20.1. The Bertz CT molecular complexity index is 469. The third kappa shape index (κ3) is 3.85. The summed E-state index contributed by atoms with van der Waals surface area (Å²) in [4.78, 5) is 10.4. The molecule has 2 rings (SSSR count). The topological polar surface area (TPSA) is 46.5 Å². The van der Waals surface area contributed by atoms with E-state index in [2.05, 4.69) is 29.0 Å². The normalized spacial score (nSPS) is 10.4. The summed E-state index contributed by atoms with van der Waals surface area (Å²) in [6.45, 7) is 0.198. The SMILES string of the molecule is O=C(O)OCCC(c1ccccc1)c1ccccc1. The summed E-state index contributed by atoms with van der Waals surface area (Å²) >= 11 is 0. The second-order valence-corrected chi connectivity index (χ2v) is 4.28. The standard InChI is InChI=1S/C16H16O3/c17-16(18)19-12-11-15(13-7-3-1-4-8-13)14-9-5-2-6-10-14/h1-10,15H,11-12H2,(H,17,18). The molecule has 0 fully saturated rings. The van der Waals surface area contributed by atoms with Gasteiger partial charge in [0.05, 0.1) is 6.61 Å². The first kappa shape index (κ1) is 13.1. The minimum atomic E-state index is -1.22. The molecular formula is C16H16O3. The summed E-state index contributed by atoms with van der Waals surface area (Å²) in [7, 11) is 0. The Morgan fingerprint density at radius 3 is 1.84 bits per heavy atom. The molecule has 0 amide bonds. The summed E-state index contributed by atoms with van der Waals surface area (Å²) < 4.78 is 4.63. The van der Waals surface area contributed by atoms with Crippen LogP contribution in [0.5, 0.6) is 0 Å². The van der Waals surface area contributed by atoms with Crippen LogP contribution in [0.2, 0.25) is 0 Å². The van der Waals surface area contributed by atoms with Crippen LogP contribution >= 0.6 is 0 Å². The zero-order valence-corrected chi connectivity index (χ0v) is 10.5. The van der Waals surface area contributed by atoms with Crippen LogP contribution in [-0.2, 0) is 4.74 Å². The van der Waals surface area contributed by atoms with Gasteiger partial charge in [-0.15, -0.1) is 0 Å². The Kier molecular flexibility index (Phi) is 4.56. The van der Waals surface area contributed by atoms with Gasteiger partial charge >= 0.3 is 6.16 Å². The Labute approximate surface area is 112 Å². The Balaban J connectivity index is 2.17. The van der Waals surface area contributed by atoms with Gasteiger partial charge in [0.1, 0.15) is 0 Å². The fourth-order valence-electron chi connectivity index (χ4n) is 2.16. The Morgan fingerprint density at radius 1 is 0.947 bits per heavy atom. The van der Waals surface area contributed by atoms with Crippen LogP contribution in [0.15, 0.2) is 60.7 Å². The molecule has 0 radical (unpaired) electrons. The molecule has 0 aromatic heterocycles. The van der Waals surface area contributed by atoms with E-state index in [1.807, 2.05) is 36.4 Å². The van der Waals surface area contributed by atoms with Gasteiger partial charge in [0.25, 0.3) is 0 Å². The van der Waals surface area contributed by atoms with Crippen molar-refractivity contribution in [1.82, 2.24) is 0 Å². The van der Waals surface area contributed by atoms with Crippen molar-refractivity contribution < 1.29 is 14.6 Å². The fraction of sp³-hybridized carbons (Fsp3) is 0.188. The van der Waals surface area contributed by atoms with E-state index in [0.29, 0.717) is 6.42 Å². The van der Waals surface area contributed by atoms with Gasteiger partial charge in [0.2, 0.25) is 0 Å². The number of ether oxygens (including phenoxy) is 1. The van der Waals surface area contributed by atoms with E-state index >= 15 is 0 Å². The molecule has 0 atom stereocenters. The molecule has 2 aromatic carbocycles. The first-order chi connectivity index (χ1) is 9.27. The average Bonchev–Trinajstić information content (AvgIpc) is 2.45. The second kappa shape index (κ2) is 6.59. The Hall–Kier alpha value is -2.29. The number of hydrogen-bond donors (Lipinski definition) is 1. The van der Waals surface area contributed by atoms with E-state index in [0.717, 1.165) is 0 Å². The highest BCUT2D eigenvalue weighted by molar-refractivity contribution is 5.56. The van der Waals surface area contributed by atoms with Crippen LogP contribution in [0.1, 0.15) is 23.5 Å². The minimum Gasteiger partial charge on any atom is -0.450 e. The van der Waals surface area contributed by atoms with E-state index in [1.54, 1.807) is 0 Å². The van der Waals surface area contributed by atoms with Crippen LogP contribution < -0.4 is 0 Å². The predicted octanol–water partition coefficient (Wildman–Crippen LogP) is 3.90. The molecule has 98 valence electrons. The van der Waals surface area contributed by atoms with Gasteiger partial charge in [-0.25, -0.2) is 4.79 Å². The van der Waals surface area contributed by atoms with Gasteiger partial charge in [-0.2, -0.15) is 0 Å². The highest BCUT2D eigenvalue weighted by atomic mass is 16.7. The highest BCUT2D eigenvalue weighted by Crippen LogP contribution is 2.27. The quantitative estimate of drug-likeness (QED) is 0.825. The predicted molar refractivity (Wildman–Crippen MR) is 73.3 cm³/mol. The van der Waals surface area contributed by atoms with Crippen molar-refractivity contribution in [2.75, 3.05) is 6.61 Å². The fourth-order valence-corrected chi connectivity index (χ4v) is 2.16. The van der Waals surface area contributed by atoms with E-state index in [9.17, 15) is 4.79 Å². The van der Waals surface area contributed by atoms with Crippen LogP contribution in [0.4, 0.5) is 4.79 Å².